The second-order valence-electron chi connectivity index (χ2n) is 5.53. The van der Waals surface area contributed by atoms with Crippen molar-refractivity contribution in [1.82, 2.24) is 29.5 Å². The van der Waals surface area contributed by atoms with E-state index in [9.17, 15) is 4.79 Å². The molecule has 1 atom stereocenters. The first-order chi connectivity index (χ1) is 12.8. The average Bonchev–Trinajstić information content (AvgIpc) is 3.38. The van der Waals surface area contributed by atoms with Gasteiger partial charge in [-0.1, -0.05) is 30.3 Å². The van der Waals surface area contributed by atoms with Gasteiger partial charge in [-0.05, 0) is 23.8 Å². The lowest BCUT2D eigenvalue weighted by atomic mass is 10.1. The van der Waals surface area contributed by atoms with Crippen LogP contribution in [0.25, 0.3) is 5.82 Å². The highest BCUT2D eigenvalue weighted by Gasteiger charge is 2.23. The van der Waals surface area contributed by atoms with Crippen LogP contribution in [0.2, 0.25) is 0 Å². The molecule has 0 saturated carbocycles. The molecule has 0 radical (unpaired) electrons. The lowest BCUT2D eigenvalue weighted by Gasteiger charge is -2.18. The third-order valence-electron chi connectivity index (χ3n) is 3.82. The fourth-order valence-corrected chi connectivity index (χ4v) is 2.63. The maximum Gasteiger partial charge on any atom is 0.253 e. The first-order valence-electron chi connectivity index (χ1n) is 7.97. The normalized spacial score (nSPS) is 11.8. The molecule has 0 fully saturated rings. The highest BCUT2D eigenvalue weighted by Crippen LogP contribution is 2.20. The zero-order valence-electron chi connectivity index (χ0n) is 13.7. The molecular formula is C18H15N7O. The third-order valence-corrected chi connectivity index (χ3v) is 3.82. The maximum absolute atomic E-state index is 12.9. The van der Waals surface area contributed by atoms with Crippen LogP contribution in [0.5, 0.6) is 0 Å². The summed E-state index contributed by atoms with van der Waals surface area (Å²) in [6.45, 7) is 0. The minimum Gasteiger partial charge on any atom is -0.323 e. The summed E-state index contributed by atoms with van der Waals surface area (Å²) in [6, 6.07) is 14.3. The number of carbonyl (C=O) groups excluding carboxylic acids is 1. The average molecular weight is 345 g/mol. The number of hydrogen-bond acceptors (Lipinski definition) is 5. The molecule has 0 saturated heterocycles. The fourth-order valence-electron chi connectivity index (χ4n) is 2.63. The Morgan fingerprint density at radius 3 is 2.58 bits per heavy atom. The minimum absolute atomic E-state index is 0.199. The van der Waals surface area contributed by atoms with Gasteiger partial charge < -0.3 is 5.32 Å². The smallest absolute Gasteiger partial charge is 0.253 e. The Hall–Kier alpha value is -3.81. The van der Waals surface area contributed by atoms with Crippen molar-refractivity contribution >= 4 is 11.6 Å². The van der Waals surface area contributed by atoms with Crippen molar-refractivity contribution in [3.63, 3.8) is 0 Å². The van der Waals surface area contributed by atoms with Crippen LogP contribution in [0.15, 0.2) is 79.8 Å². The van der Waals surface area contributed by atoms with Crippen molar-refractivity contribution in [2.45, 2.75) is 6.04 Å². The number of rotatable bonds is 5. The zero-order chi connectivity index (χ0) is 17.8. The Labute approximate surface area is 149 Å². The molecule has 4 rings (SSSR count). The second kappa shape index (κ2) is 6.98. The Morgan fingerprint density at radius 2 is 1.92 bits per heavy atom. The Kier molecular flexibility index (Phi) is 4.21. The maximum atomic E-state index is 12.9. The molecule has 0 spiro atoms. The monoisotopic (exact) mass is 345 g/mol. The molecule has 0 aliphatic carbocycles. The van der Waals surface area contributed by atoms with Crippen molar-refractivity contribution in [3.05, 3.63) is 85.3 Å². The van der Waals surface area contributed by atoms with Crippen LogP contribution < -0.4 is 5.32 Å². The molecule has 4 aromatic rings. The van der Waals surface area contributed by atoms with Gasteiger partial charge in [-0.3, -0.25) is 9.48 Å². The molecule has 1 N–H and O–H groups in total. The van der Waals surface area contributed by atoms with Crippen molar-refractivity contribution in [2.75, 3.05) is 5.32 Å². The minimum atomic E-state index is -0.568. The van der Waals surface area contributed by atoms with Crippen LogP contribution in [0.3, 0.4) is 0 Å². The number of nitrogens with one attached hydrogen (secondary N) is 1. The van der Waals surface area contributed by atoms with Gasteiger partial charge in [0.15, 0.2) is 11.9 Å². The molecule has 0 aliphatic rings. The number of amides is 1. The van der Waals surface area contributed by atoms with Crippen LogP contribution in [0.4, 0.5) is 5.69 Å². The molecule has 0 bridgehead atoms. The Morgan fingerprint density at radius 1 is 1.04 bits per heavy atom. The lowest BCUT2D eigenvalue weighted by Crippen LogP contribution is -2.27. The van der Waals surface area contributed by atoms with E-state index in [2.05, 4.69) is 25.5 Å². The number of pyridine rings is 1. The van der Waals surface area contributed by atoms with Gasteiger partial charge >= 0.3 is 0 Å². The van der Waals surface area contributed by atoms with Crippen molar-refractivity contribution < 1.29 is 4.79 Å². The van der Waals surface area contributed by atoms with Crippen molar-refractivity contribution in [3.8, 4) is 5.82 Å². The van der Waals surface area contributed by atoms with E-state index in [0.717, 1.165) is 5.56 Å². The fraction of sp³-hybridized carbons (Fsp3) is 0.0556. The van der Waals surface area contributed by atoms with E-state index in [1.165, 1.54) is 6.33 Å². The van der Waals surface area contributed by atoms with Gasteiger partial charge in [-0.25, -0.2) is 14.6 Å². The van der Waals surface area contributed by atoms with Crippen molar-refractivity contribution in [2.24, 2.45) is 0 Å². The van der Waals surface area contributed by atoms with Gasteiger partial charge in [0, 0.05) is 12.4 Å². The van der Waals surface area contributed by atoms with Crippen molar-refractivity contribution in [1.29, 1.82) is 0 Å². The molecule has 8 heteroatoms. The second-order valence-corrected chi connectivity index (χ2v) is 5.53. The largest absolute Gasteiger partial charge is 0.323 e. The Balaban J connectivity index is 1.57. The van der Waals surface area contributed by atoms with Gasteiger partial charge in [0.1, 0.15) is 12.7 Å². The van der Waals surface area contributed by atoms with E-state index in [1.807, 2.05) is 30.3 Å². The van der Waals surface area contributed by atoms with E-state index in [4.69, 9.17) is 0 Å². The van der Waals surface area contributed by atoms with Gasteiger partial charge in [-0.2, -0.15) is 10.2 Å². The molecule has 26 heavy (non-hydrogen) atoms. The van der Waals surface area contributed by atoms with Crippen LogP contribution in [0, 0.1) is 0 Å². The predicted octanol–water partition coefficient (Wildman–Crippen LogP) is 2.09. The van der Waals surface area contributed by atoms with Crippen LogP contribution in [-0.2, 0) is 4.79 Å². The summed E-state index contributed by atoms with van der Waals surface area (Å²) in [5.41, 5.74) is 1.44. The predicted molar refractivity (Wildman–Crippen MR) is 94.6 cm³/mol. The topological polar surface area (TPSA) is 90.5 Å². The summed E-state index contributed by atoms with van der Waals surface area (Å²) in [7, 11) is 0. The SMILES string of the molecule is O=C(Nc1ccc(-n2cncn2)nc1)[C@H](c1ccccc1)n1cccn1. The summed E-state index contributed by atoms with van der Waals surface area (Å²) in [6.07, 6.45) is 8.00. The van der Waals surface area contributed by atoms with E-state index >= 15 is 0 Å². The van der Waals surface area contributed by atoms with Gasteiger partial charge in [0.2, 0.25) is 0 Å². The summed E-state index contributed by atoms with van der Waals surface area (Å²) in [5.74, 6) is 0.419. The van der Waals surface area contributed by atoms with Gasteiger partial charge in [0.25, 0.3) is 5.91 Å². The van der Waals surface area contributed by atoms with E-state index in [-0.39, 0.29) is 5.91 Å². The molecule has 8 nitrogen and oxygen atoms in total. The number of aromatic nitrogens is 6. The summed E-state index contributed by atoms with van der Waals surface area (Å²) in [4.78, 5) is 21.1. The molecular weight excluding hydrogens is 330 g/mol. The molecule has 1 amide bonds. The number of carbonyl (C=O) groups is 1. The highest BCUT2D eigenvalue weighted by atomic mass is 16.2. The number of benzene rings is 1. The van der Waals surface area contributed by atoms with Crippen LogP contribution in [-0.4, -0.2) is 35.4 Å². The number of anilines is 1. The van der Waals surface area contributed by atoms with Crippen LogP contribution >= 0.6 is 0 Å². The summed E-state index contributed by atoms with van der Waals surface area (Å²) in [5, 5.41) is 11.1. The molecule has 0 unspecified atom stereocenters. The number of hydrogen-bond donors (Lipinski definition) is 1. The molecule has 128 valence electrons. The standard InChI is InChI=1S/C18H15N7O/c26-18(17(24-10-4-9-21-24)14-5-2-1-3-6-14)23-15-7-8-16(20-11-15)25-13-19-12-22-25/h1-13,17H,(H,23,26)/t17-/m0/s1. The van der Waals surface area contributed by atoms with Gasteiger partial charge in [0.05, 0.1) is 11.9 Å². The molecule has 1 aromatic carbocycles. The molecule has 3 heterocycles. The van der Waals surface area contributed by atoms with Crippen LogP contribution in [0.1, 0.15) is 11.6 Å². The summed E-state index contributed by atoms with van der Waals surface area (Å²) < 4.78 is 3.17. The number of nitrogens with zero attached hydrogens (tertiary/aromatic N) is 6. The zero-order valence-corrected chi connectivity index (χ0v) is 13.7. The lowest BCUT2D eigenvalue weighted by molar-refractivity contribution is -0.118. The highest BCUT2D eigenvalue weighted by molar-refractivity contribution is 5.95. The van der Waals surface area contributed by atoms with Gasteiger partial charge in [-0.15, -0.1) is 0 Å². The first kappa shape index (κ1) is 15.7. The first-order valence-corrected chi connectivity index (χ1v) is 7.97. The summed E-state index contributed by atoms with van der Waals surface area (Å²) >= 11 is 0. The van der Waals surface area contributed by atoms with E-state index < -0.39 is 6.04 Å². The van der Waals surface area contributed by atoms with E-state index in [1.54, 1.807) is 52.5 Å². The molecule has 0 aliphatic heterocycles. The van der Waals surface area contributed by atoms with E-state index in [0.29, 0.717) is 11.5 Å². The third kappa shape index (κ3) is 3.20. The Bertz CT molecular complexity index is 964. The quantitative estimate of drug-likeness (QED) is 0.598. The molecule has 3 aromatic heterocycles.